The van der Waals surface area contributed by atoms with Gasteiger partial charge in [-0.15, -0.1) is 0 Å². The fraction of sp³-hybridized carbons (Fsp3) is 0.667. The third-order valence-electron chi connectivity index (χ3n) is 5.68. The van der Waals surface area contributed by atoms with Crippen LogP contribution < -0.4 is 10.5 Å². The van der Waals surface area contributed by atoms with E-state index in [4.69, 9.17) is 10.5 Å². The van der Waals surface area contributed by atoms with E-state index in [1.54, 1.807) is 0 Å². The number of para-hydroxylation sites is 1. The minimum atomic E-state index is 0.146. The molecule has 0 radical (unpaired) electrons. The summed E-state index contributed by atoms with van der Waals surface area (Å²) < 4.78 is 5.93. The van der Waals surface area contributed by atoms with Gasteiger partial charge in [-0.2, -0.15) is 0 Å². The maximum atomic E-state index is 6.29. The zero-order chi connectivity index (χ0) is 14.9. The molecule has 0 spiro atoms. The molecule has 0 saturated heterocycles. The van der Waals surface area contributed by atoms with Gasteiger partial charge in [0.1, 0.15) is 12.4 Å². The van der Waals surface area contributed by atoms with Gasteiger partial charge in [0.15, 0.2) is 0 Å². The van der Waals surface area contributed by atoms with E-state index in [1.807, 2.05) is 0 Å². The van der Waals surface area contributed by atoms with Crippen LogP contribution in [0, 0.1) is 11.8 Å². The maximum Gasteiger partial charge on any atom is 0.123 e. The average Bonchev–Trinajstić information content (AvgIpc) is 2.70. The molecule has 1 fully saturated rings. The summed E-state index contributed by atoms with van der Waals surface area (Å²) in [5.41, 5.74) is 7.74. The molecule has 116 valence electrons. The Kier molecular flexibility index (Phi) is 4.23. The maximum absolute atomic E-state index is 6.29. The number of rotatable bonds is 2. The van der Waals surface area contributed by atoms with Gasteiger partial charge in [-0.05, 0) is 37.2 Å². The first-order valence-corrected chi connectivity index (χ1v) is 8.31. The van der Waals surface area contributed by atoms with E-state index in [1.165, 1.54) is 24.8 Å². The Hall–Kier alpha value is -1.06. The highest BCUT2D eigenvalue weighted by Gasteiger charge is 2.44. The minimum Gasteiger partial charge on any atom is -0.492 e. The molecule has 3 nitrogen and oxygen atoms in total. The van der Waals surface area contributed by atoms with Crippen LogP contribution in [0.5, 0.6) is 5.75 Å². The molecule has 3 heteroatoms. The lowest BCUT2D eigenvalue weighted by molar-refractivity contribution is -0.00844. The summed E-state index contributed by atoms with van der Waals surface area (Å²) in [6.45, 7) is 8.22. The lowest BCUT2D eigenvalue weighted by Crippen LogP contribution is -2.60. The molecule has 21 heavy (non-hydrogen) atoms. The van der Waals surface area contributed by atoms with Crippen molar-refractivity contribution in [1.82, 2.24) is 4.90 Å². The monoisotopic (exact) mass is 288 g/mol. The van der Waals surface area contributed by atoms with Crippen LogP contribution in [0.4, 0.5) is 0 Å². The fourth-order valence-corrected chi connectivity index (χ4v) is 4.29. The number of ether oxygens (including phenoxy) is 1. The summed E-state index contributed by atoms with van der Waals surface area (Å²) in [6.07, 6.45) is 3.80. The first-order valence-electron chi connectivity index (χ1n) is 8.31. The molecule has 0 amide bonds. The van der Waals surface area contributed by atoms with Crippen molar-refractivity contribution in [2.45, 2.75) is 45.2 Å². The first kappa shape index (κ1) is 14.9. The summed E-state index contributed by atoms with van der Waals surface area (Å²) in [5.74, 6) is 2.52. The van der Waals surface area contributed by atoms with Gasteiger partial charge in [0.05, 0.1) is 0 Å². The fourth-order valence-electron chi connectivity index (χ4n) is 4.29. The normalized spacial score (nSPS) is 33.9. The third kappa shape index (κ3) is 2.69. The van der Waals surface area contributed by atoms with Gasteiger partial charge in [0.25, 0.3) is 0 Å². The topological polar surface area (TPSA) is 38.5 Å². The highest BCUT2D eigenvalue weighted by molar-refractivity contribution is 5.34. The van der Waals surface area contributed by atoms with Crippen LogP contribution >= 0.6 is 0 Å². The molecule has 1 saturated carbocycles. The summed E-state index contributed by atoms with van der Waals surface area (Å²) in [5, 5.41) is 0. The quantitative estimate of drug-likeness (QED) is 0.909. The van der Waals surface area contributed by atoms with Gasteiger partial charge in [-0.3, -0.25) is 4.90 Å². The molecule has 1 heterocycles. The van der Waals surface area contributed by atoms with Crippen molar-refractivity contribution in [2.75, 3.05) is 19.7 Å². The second-order valence-corrected chi connectivity index (χ2v) is 6.97. The number of nitrogens with zero attached hydrogens (tertiary/aromatic N) is 1. The zero-order valence-electron chi connectivity index (χ0n) is 13.3. The van der Waals surface area contributed by atoms with Crippen LogP contribution in [0.2, 0.25) is 0 Å². The lowest BCUT2D eigenvalue weighted by atomic mass is 9.69. The van der Waals surface area contributed by atoms with Crippen molar-refractivity contribution in [3.63, 3.8) is 0 Å². The van der Waals surface area contributed by atoms with Crippen molar-refractivity contribution in [3.05, 3.63) is 29.8 Å². The second kappa shape index (κ2) is 5.98. The highest BCUT2D eigenvalue weighted by Crippen LogP contribution is 2.42. The third-order valence-corrected chi connectivity index (χ3v) is 5.68. The van der Waals surface area contributed by atoms with E-state index in [2.05, 4.69) is 43.0 Å². The first-order chi connectivity index (χ1) is 10.2. The molecular formula is C18H28N2O. The predicted molar refractivity (Wildman–Crippen MR) is 86.3 cm³/mol. The number of fused-ring (bicyclic) bond motifs is 1. The summed E-state index contributed by atoms with van der Waals surface area (Å²) in [7, 11) is 0. The van der Waals surface area contributed by atoms with Crippen molar-refractivity contribution in [3.8, 4) is 5.75 Å². The van der Waals surface area contributed by atoms with E-state index in [0.717, 1.165) is 37.9 Å². The van der Waals surface area contributed by atoms with Gasteiger partial charge >= 0.3 is 0 Å². The summed E-state index contributed by atoms with van der Waals surface area (Å²) in [4.78, 5) is 2.61. The van der Waals surface area contributed by atoms with Crippen LogP contribution in [-0.4, -0.2) is 30.1 Å². The Morgan fingerprint density at radius 1 is 1.33 bits per heavy atom. The SMILES string of the molecule is CC1CCC(CN)(N2CCOc3ccccc3C2)C(C)C1. The molecule has 3 atom stereocenters. The smallest absolute Gasteiger partial charge is 0.123 e. The highest BCUT2D eigenvalue weighted by atomic mass is 16.5. The van der Waals surface area contributed by atoms with Crippen LogP contribution in [0.1, 0.15) is 38.7 Å². The van der Waals surface area contributed by atoms with Crippen LogP contribution in [-0.2, 0) is 6.54 Å². The lowest BCUT2D eigenvalue weighted by Gasteiger charge is -2.51. The number of hydrogen-bond acceptors (Lipinski definition) is 3. The largest absolute Gasteiger partial charge is 0.492 e. The Labute approximate surface area is 128 Å². The Bertz CT molecular complexity index is 490. The number of benzene rings is 1. The van der Waals surface area contributed by atoms with Crippen molar-refractivity contribution >= 4 is 0 Å². The molecule has 1 aromatic rings. The molecule has 3 unspecified atom stereocenters. The molecule has 1 aromatic carbocycles. The van der Waals surface area contributed by atoms with Gasteiger partial charge in [0.2, 0.25) is 0 Å². The predicted octanol–water partition coefficient (Wildman–Crippen LogP) is 3.03. The average molecular weight is 288 g/mol. The van der Waals surface area contributed by atoms with Crippen LogP contribution in [0.15, 0.2) is 24.3 Å². The van der Waals surface area contributed by atoms with Gasteiger partial charge < -0.3 is 10.5 Å². The Morgan fingerprint density at radius 2 is 2.14 bits per heavy atom. The van der Waals surface area contributed by atoms with Crippen molar-refractivity contribution < 1.29 is 4.74 Å². The molecule has 2 N–H and O–H groups in total. The van der Waals surface area contributed by atoms with Crippen molar-refractivity contribution in [1.29, 1.82) is 0 Å². The van der Waals surface area contributed by atoms with Gasteiger partial charge in [-0.1, -0.05) is 32.0 Å². The molecule has 1 aliphatic carbocycles. The summed E-state index contributed by atoms with van der Waals surface area (Å²) >= 11 is 0. The zero-order valence-corrected chi connectivity index (χ0v) is 13.3. The van der Waals surface area contributed by atoms with Gasteiger partial charge in [-0.25, -0.2) is 0 Å². The Morgan fingerprint density at radius 3 is 2.90 bits per heavy atom. The van der Waals surface area contributed by atoms with Gasteiger partial charge in [0, 0.05) is 30.7 Å². The van der Waals surface area contributed by atoms with Crippen LogP contribution in [0.25, 0.3) is 0 Å². The number of hydrogen-bond donors (Lipinski definition) is 1. The van der Waals surface area contributed by atoms with Crippen molar-refractivity contribution in [2.24, 2.45) is 17.6 Å². The molecule has 2 aliphatic rings. The van der Waals surface area contributed by atoms with E-state index in [0.29, 0.717) is 5.92 Å². The van der Waals surface area contributed by atoms with E-state index in [9.17, 15) is 0 Å². The Balaban J connectivity index is 1.87. The standard InChI is InChI=1S/C18H28N2O/c1-14-7-8-18(13-19,15(2)11-14)20-9-10-21-17-6-4-3-5-16(17)12-20/h3-6,14-15H,7-13,19H2,1-2H3. The van der Waals surface area contributed by atoms with E-state index < -0.39 is 0 Å². The second-order valence-electron chi connectivity index (χ2n) is 6.97. The van der Waals surface area contributed by atoms with Crippen LogP contribution in [0.3, 0.4) is 0 Å². The van der Waals surface area contributed by atoms with E-state index in [-0.39, 0.29) is 5.54 Å². The molecule has 0 aromatic heterocycles. The number of nitrogens with two attached hydrogens (primary N) is 1. The van der Waals surface area contributed by atoms with E-state index >= 15 is 0 Å². The minimum absolute atomic E-state index is 0.146. The summed E-state index contributed by atoms with van der Waals surface area (Å²) in [6, 6.07) is 8.43. The molecule has 1 aliphatic heterocycles. The molecular weight excluding hydrogens is 260 g/mol. The molecule has 3 rings (SSSR count). The molecule has 0 bridgehead atoms.